The van der Waals surface area contributed by atoms with Crippen molar-refractivity contribution < 1.29 is 9.53 Å². The van der Waals surface area contributed by atoms with Gasteiger partial charge in [-0.1, -0.05) is 30.3 Å². The highest BCUT2D eigenvalue weighted by Gasteiger charge is 2.11. The molecule has 2 aromatic carbocycles. The maximum atomic E-state index is 12.4. The quantitative estimate of drug-likeness (QED) is 0.713. The lowest BCUT2D eigenvalue weighted by Gasteiger charge is -2.09. The zero-order chi connectivity index (χ0) is 18.4. The van der Waals surface area contributed by atoms with Gasteiger partial charge in [-0.3, -0.25) is 4.79 Å². The topological polar surface area (TPSA) is 76.1 Å². The minimum atomic E-state index is -0.239. The van der Waals surface area contributed by atoms with E-state index in [1.54, 1.807) is 13.2 Å². The molecule has 0 fully saturated rings. The van der Waals surface area contributed by atoms with Gasteiger partial charge in [0.25, 0.3) is 5.91 Å². The van der Waals surface area contributed by atoms with Crippen molar-refractivity contribution in [2.24, 2.45) is 0 Å². The molecule has 0 saturated heterocycles. The predicted octanol–water partition coefficient (Wildman–Crippen LogP) is 3.47. The Kier molecular flexibility index (Phi) is 5.43. The number of ether oxygens (including phenoxy) is 1. The first kappa shape index (κ1) is 17.4. The Morgan fingerprint density at radius 2 is 1.77 bits per heavy atom. The highest BCUT2D eigenvalue weighted by atomic mass is 16.5. The van der Waals surface area contributed by atoms with Crippen molar-refractivity contribution >= 4 is 17.5 Å². The lowest BCUT2D eigenvalue weighted by Crippen LogP contribution is -2.24. The maximum Gasteiger partial charge on any atom is 0.270 e. The number of aryl methyl sites for hydroxylation is 1. The van der Waals surface area contributed by atoms with Crippen LogP contribution in [-0.2, 0) is 6.54 Å². The Morgan fingerprint density at radius 3 is 2.46 bits per heavy atom. The summed E-state index contributed by atoms with van der Waals surface area (Å²) >= 11 is 0. The summed E-state index contributed by atoms with van der Waals surface area (Å²) in [4.78, 5) is 21.1. The van der Waals surface area contributed by atoms with Gasteiger partial charge in [-0.05, 0) is 42.8 Å². The summed E-state index contributed by atoms with van der Waals surface area (Å²) in [7, 11) is 1.62. The summed E-state index contributed by atoms with van der Waals surface area (Å²) in [5, 5.41) is 5.98. The minimum Gasteiger partial charge on any atom is -0.497 e. The molecule has 0 unspecified atom stereocenters. The molecule has 1 aromatic heterocycles. The second-order valence-electron chi connectivity index (χ2n) is 5.74. The van der Waals surface area contributed by atoms with Crippen LogP contribution in [0.2, 0.25) is 0 Å². The largest absolute Gasteiger partial charge is 0.497 e. The molecule has 1 amide bonds. The van der Waals surface area contributed by atoms with E-state index in [0.29, 0.717) is 23.9 Å². The number of carbonyl (C=O) groups excluding carboxylic acids is 1. The van der Waals surface area contributed by atoms with Gasteiger partial charge in [-0.25, -0.2) is 9.97 Å². The summed E-state index contributed by atoms with van der Waals surface area (Å²) in [6.07, 6.45) is 0. The van der Waals surface area contributed by atoms with Gasteiger partial charge in [0.05, 0.1) is 7.11 Å². The van der Waals surface area contributed by atoms with E-state index >= 15 is 0 Å². The van der Waals surface area contributed by atoms with Crippen LogP contribution in [0.1, 0.15) is 21.7 Å². The van der Waals surface area contributed by atoms with Crippen LogP contribution in [-0.4, -0.2) is 23.0 Å². The predicted molar refractivity (Wildman–Crippen MR) is 101 cm³/mol. The maximum absolute atomic E-state index is 12.4. The number of methoxy groups -OCH3 is 1. The van der Waals surface area contributed by atoms with Gasteiger partial charge in [0.15, 0.2) is 0 Å². The molecule has 3 rings (SSSR count). The standard InChI is InChI=1S/C20H20N4O2/c1-14-12-18(19(25)21-13-15-6-4-3-5-7-15)24-20(22-14)23-16-8-10-17(26-2)11-9-16/h3-12H,13H2,1-2H3,(H,21,25)(H,22,23,24). The Balaban J connectivity index is 1.70. The van der Waals surface area contributed by atoms with E-state index in [4.69, 9.17) is 4.74 Å². The molecule has 0 aliphatic rings. The number of carbonyl (C=O) groups is 1. The number of nitrogens with zero attached hydrogens (tertiary/aromatic N) is 2. The van der Waals surface area contributed by atoms with E-state index in [9.17, 15) is 4.79 Å². The van der Waals surface area contributed by atoms with Gasteiger partial charge in [-0.2, -0.15) is 0 Å². The van der Waals surface area contributed by atoms with Crippen LogP contribution in [0, 0.1) is 6.92 Å². The third-order valence-electron chi connectivity index (χ3n) is 3.73. The van der Waals surface area contributed by atoms with Crippen LogP contribution in [0.15, 0.2) is 60.7 Å². The van der Waals surface area contributed by atoms with Crippen LogP contribution in [0.25, 0.3) is 0 Å². The number of hydrogen-bond acceptors (Lipinski definition) is 5. The first-order valence-electron chi connectivity index (χ1n) is 8.23. The van der Waals surface area contributed by atoms with Crippen LogP contribution in [0.4, 0.5) is 11.6 Å². The van der Waals surface area contributed by atoms with Crippen LogP contribution < -0.4 is 15.4 Å². The molecule has 2 N–H and O–H groups in total. The molecule has 0 saturated carbocycles. The summed E-state index contributed by atoms with van der Waals surface area (Å²) in [6, 6.07) is 18.8. The highest BCUT2D eigenvalue weighted by Crippen LogP contribution is 2.18. The Hall–Kier alpha value is -3.41. The van der Waals surface area contributed by atoms with Gasteiger partial charge in [-0.15, -0.1) is 0 Å². The number of benzene rings is 2. The molecule has 26 heavy (non-hydrogen) atoms. The van der Waals surface area contributed by atoms with Crippen molar-refractivity contribution in [3.05, 3.63) is 77.6 Å². The SMILES string of the molecule is COc1ccc(Nc2nc(C)cc(C(=O)NCc3ccccc3)n2)cc1. The molecule has 0 radical (unpaired) electrons. The summed E-state index contributed by atoms with van der Waals surface area (Å²) in [5.41, 5.74) is 2.88. The van der Waals surface area contributed by atoms with E-state index in [1.807, 2.05) is 61.5 Å². The van der Waals surface area contributed by atoms with Crippen LogP contribution >= 0.6 is 0 Å². The van der Waals surface area contributed by atoms with Crippen LogP contribution in [0.3, 0.4) is 0 Å². The molecule has 1 heterocycles. The summed E-state index contributed by atoms with van der Waals surface area (Å²) < 4.78 is 5.14. The zero-order valence-electron chi connectivity index (χ0n) is 14.7. The fraction of sp³-hybridized carbons (Fsp3) is 0.150. The Labute approximate surface area is 152 Å². The van der Waals surface area contributed by atoms with Crippen molar-refractivity contribution in [3.8, 4) is 5.75 Å². The molecule has 6 heteroatoms. The lowest BCUT2D eigenvalue weighted by molar-refractivity contribution is 0.0945. The monoisotopic (exact) mass is 348 g/mol. The molecule has 0 spiro atoms. The van der Waals surface area contributed by atoms with E-state index in [1.165, 1.54) is 0 Å². The molecule has 6 nitrogen and oxygen atoms in total. The number of hydrogen-bond donors (Lipinski definition) is 2. The third-order valence-corrected chi connectivity index (χ3v) is 3.73. The number of rotatable bonds is 6. The van der Waals surface area contributed by atoms with Crippen molar-refractivity contribution in [2.75, 3.05) is 12.4 Å². The van der Waals surface area contributed by atoms with Crippen molar-refractivity contribution in [1.29, 1.82) is 0 Å². The molecule has 0 aliphatic heterocycles. The van der Waals surface area contributed by atoms with E-state index < -0.39 is 0 Å². The average molecular weight is 348 g/mol. The average Bonchev–Trinajstić information content (AvgIpc) is 2.67. The first-order chi connectivity index (χ1) is 12.6. The summed E-state index contributed by atoms with van der Waals surface area (Å²) in [6.45, 7) is 2.28. The Morgan fingerprint density at radius 1 is 1.04 bits per heavy atom. The fourth-order valence-corrected chi connectivity index (χ4v) is 2.41. The smallest absolute Gasteiger partial charge is 0.270 e. The normalized spacial score (nSPS) is 10.2. The second kappa shape index (κ2) is 8.11. The van der Waals surface area contributed by atoms with Gasteiger partial charge >= 0.3 is 0 Å². The third kappa shape index (κ3) is 4.57. The first-order valence-corrected chi connectivity index (χ1v) is 8.23. The number of anilines is 2. The number of amides is 1. The van der Waals surface area contributed by atoms with Gasteiger partial charge < -0.3 is 15.4 Å². The molecule has 0 atom stereocenters. The number of nitrogens with one attached hydrogen (secondary N) is 2. The van der Waals surface area contributed by atoms with Crippen molar-refractivity contribution in [1.82, 2.24) is 15.3 Å². The molecular formula is C20H20N4O2. The van der Waals surface area contributed by atoms with E-state index in [2.05, 4.69) is 20.6 Å². The van der Waals surface area contributed by atoms with E-state index in [-0.39, 0.29) is 5.91 Å². The molecule has 0 bridgehead atoms. The van der Waals surface area contributed by atoms with Crippen molar-refractivity contribution in [3.63, 3.8) is 0 Å². The van der Waals surface area contributed by atoms with Gasteiger partial charge in [0, 0.05) is 17.9 Å². The molecule has 3 aromatic rings. The van der Waals surface area contributed by atoms with E-state index in [0.717, 1.165) is 17.0 Å². The second-order valence-corrected chi connectivity index (χ2v) is 5.74. The van der Waals surface area contributed by atoms with Gasteiger partial charge in [0.1, 0.15) is 11.4 Å². The Bertz CT molecular complexity index is 880. The van der Waals surface area contributed by atoms with Crippen molar-refractivity contribution in [2.45, 2.75) is 13.5 Å². The molecule has 132 valence electrons. The molecular weight excluding hydrogens is 328 g/mol. The highest BCUT2D eigenvalue weighted by molar-refractivity contribution is 5.92. The van der Waals surface area contributed by atoms with Crippen LogP contribution in [0.5, 0.6) is 5.75 Å². The lowest BCUT2D eigenvalue weighted by atomic mass is 10.2. The fourth-order valence-electron chi connectivity index (χ4n) is 2.41. The minimum absolute atomic E-state index is 0.239. The summed E-state index contributed by atoms with van der Waals surface area (Å²) in [5.74, 6) is 0.902. The zero-order valence-corrected chi connectivity index (χ0v) is 14.7. The number of aromatic nitrogens is 2. The van der Waals surface area contributed by atoms with Gasteiger partial charge in [0.2, 0.25) is 5.95 Å². The molecule has 0 aliphatic carbocycles.